The van der Waals surface area contributed by atoms with Gasteiger partial charge in [0.1, 0.15) is 12.1 Å². The number of ketones is 1. The summed E-state index contributed by atoms with van der Waals surface area (Å²) < 4.78 is 33.1. The number of aryl methyl sites for hydroxylation is 1. The first-order valence-electron chi connectivity index (χ1n) is 9.69. The SMILES string of the molecule is Cc1cc(C(=O)C(C)Sc2nncn2C2CC2)c(C)n1-c1ccc(OC(F)F)cc1. The Morgan fingerprint density at radius 2 is 1.93 bits per heavy atom. The number of benzene rings is 1. The van der Waals surface area contributed by atoms with Gasteiger partial charge in [-0.1, -0.05) is 11.8 Å². The van der Waals surface area contributed by atoms with E-state index in [1.165, 1.54) is 23.9 Å². The van der Waals surface area contributed by atoms with Crippen LogP contribution in [0.1, 0.15) is 47.6 Å². The molecule has 1 aliphatic rings. The molecule has 158 valence electrons. The summed E-state index contributed by atoms with van der Waals surface area (Å²) >= 11 is 1.42. The van der Waals surface area contributed by atoms with Gasteiger partial charge in [-0.15, -0.1) is 10.2 Å². The van der Waals surface area contributed by atoms with Crippen LogP contribution in [0, 0.1) is 13.8 Å². The van der Waals surface area contributed by atoms with Crippen LogP contribution in [0.4, 0.5) is 8.78 Å². The number of alkyl halides is 2. The third-order valence-corrected chi connectivity index (χ3v) is 6.22. The molecule has 0 spiro atoms. The molecule has 2 heterocycles. The molecule has 0 bridgehead atoms. The highest BCUT2D eigenvalue weighted by Gasteiger charge is 2.29. The summed E-state index contributed by atoms with van der Waals surface area (Å²) in [7, 11) is 0. The van der Waals surface area contributed by atoms with Gasteiger partial charge in [-0.3, -0.25) is 4.79 Å². The maximum absolute atomic E-state index is 13.2. The van der Waals surface area contributed by atoms with Crippen molar-refractivity contribution in [2.24, 2.45) is 0 Å². The van der Waals surface area contributed by atoms with E-state index in [4.69, 9.17) is 0 Å². The van der Waals surface area contributed by atoms with Crippen LogP contribution >= 0.6 is 11.8 Å². The van der Waals surface area contributed by atoms with Crippen LogP contribution in [0.2, 0.25) is 0 Å². The Kier molecular flexibility index (Phi) is 5.64. The number of hydrogen-bond donors (Lipinski definition) is 0. The number of nitrogens with zero attached hydrogens (tertiary/aromatic N) is 4. The van der Waals surface area contributed by atoms with E-state index < -0.39 is 6.61 Å². The van der Waals surface area contributed by atoms with E-state index in [1.54, 1.807) is 18.5 Å². The Morgan fingerprint density at radius 1 is 1.23 bits per heavy atom. The Labute approximate surface area is 177 Å². The van der Waals surface area contributed by atoms with Crippen molar-refractivity contribution in [1.29, 1.82) is 0 Å². The van der Waals surface area contributed by atoms with Crippen LogP contribution in [0.15, 0.2) is 41.8 Å². The summed E-state index contributed by atoms with van der Waals surface area (Å²) in [5.74, 6) is 0.111. The molecule has 3 aromatic rings. The Hall–Kier alpha value is -2.68. The molecule has 2 aromatic heterocycles. The summed E-state index contributed by atoms with van der Waals surface area (Å²) in [6.45, 7) is 2.81. The summed E-state index contributed by atoms with van der Waals surface area (Å²) in [5, 5.41) is 8.60. The molecule has 6 nitrogen and oxygen atoms in total. The van der Waals surface area contributed by atoms with Gasteiger partial charge in [-0.25, -0.2) is 0 Å². The van der Waals surface area contributed by atoms with E-state index >= 15 is 0 Å². The maximum atomic E-state index is 13.2. The standard InChI is InChI=1S/C21H22F2N4O2S/c1-12-10-18(13(2)27(12)16-6-8-17(9-7-16)29-20(22)23)19(28)14(3)30-21-25-24-11-26(21)15-4-5-15/h6-11,14-15,20H,4-5H2,1-3H3. The second-order valence-electron chi connectivity index (χ2n) is 7.37. The molecular weight excluding hydrogens is 410 g/mol. The Morgan fingerprint density at radius 3 is 2.57 bits per heavy atom. The predicted octanol–water partition coefficient (Wildman–Crippen LogP) is 4.99. The van der Waals surface area contributed by atoms with Crippen LogP contribution in [0.3, 0.4) is 0 Å². The van der Waals surface area contributed by atoms with Crippen LogP contribution in [0.5, 0.6) is 5.75 Å². The van der Waals surface area contributed by atoms with E-state index in [0.717, 1.165) is 35.1 Å². The second kappa shape index (κ2) is 8.22. The lowest BCUT2D eigenvalue weighted by Crippen LogP contribution is -2.15. The Bertz CT molecular complexity index is 1060. The van der Waals surface area contributed by atoms with Gasteiger partial charge in [0.2, 0.25) is 0 Å². The molecule has 9 heteroatoms. The van der Waals surface area contributed by atoms with Crippen LogP contribution in [-0.4, -0.2) is 37.0 Å². The third kappa shape index (κ3) is 4.12. The number of Topliss-reactive ketones (excluding diaryl/α,β-unsaturated/α-hetero) is 1. The number of rotatable bonds is 8. The molecule has 1 aliphatic carbocycles. The zero-order chi connectivity index (χ0) is 21.4. The van der Waals surface area contributed by atoms with E-state index in [9.17, 15) is 13.6 Å². The number of hydrogen-bond acceptors (Lipinski definition) is 5. The summed E-state index contributed by atoms with van der Waals surface area (Å²) in [6, 6.07) is 8.69. The maximum Gasteiger partial charge on any atom is 0.387 e. The average molecular weight is 432 g/mol. The van der Waals surface area contributed by atoms with Crippen molar-refractivity contribution in [3.05, 3.63) is 53.6 Å². The van der Waals surface area contributed by atoms with Crippen molar-refractivity contribution in [1.82, 2.24) is 19.3 Å². The number of carbonyl (C=O) groups excluding carboxylic acids is 1. The van der Waals surface area contributed by atoms with Crippen molar-refractivity contribution in [3.8, 4) is 11.4 Å². The molecule has 0 radical (unpaired) electrons. The lowest BCUT2D eigenvalue weighted by Gasteiger charge is -2.13. The van der Waals surface area contributed by atoms with Gasteiger partial charge in [0.05, 0.1) is 5.25 Å². The predicted molar refractivity (Wildman–Crippen MR) is 110 cm³/mol. The normalized spacial score (nSPS) is 14.9. The first-order chi connectivity index (χ1) is 14.3. The largest absolute Gasteiger partial charge is 0.435 e. The fraction of sp³-hybridized carbons (Fsp3) is 0.381. The van der Waals surface area contributed by atoms with E-state index in [2.05, 4.69) is 14.9 Å². The highest BCUT2D eigenvalue weighted by atomic mass is 32.2. The molecule has 1 atom stereocenters. The fourth-order valence-electron chi connectivity index (χ4n) is 3.54. The third-order valence-electron chi connectivity index (χ3n) is 5.15. The molecule has 0 aliphatic heterocycles. The molecule has 1 aromatic carbocycles. The zero-order valence-electron chi connectivity index (χ0n) is 16.9. The minimum absolute atomic E-state index is 0.0161. The second-order valence-corrected chi connectivity index (χ2v) is 8.68. The van der Waals surface area contributed by atoms with Gasteiger partial charge < -0.3 is 13.9 Å². The topological polar surface area (TPSA) is 61.9 Å². The highest BCUT2D eigenvalue weighted by Crippen LogP contribution is 2.38. The minimum atomic E-state index is -2.86. The van der Waals surface area contributed by atoms with Gasteiger partial charge >= 0.3 is 6.61 Å². The van der Waals surface area contributed by atoms with Crippen LogP contribution in [-0.2, 0) is 0 Å². The van der Waals surface area contributed by atoms with E-state index in [0.29, 0.717) is 11.6 Å². The molecule has 1 unspecified atom stereocenters. The lowest BCUT2D eigenvalue weighted by atomic mass is 10.1. The quantitative estimate of drug-likeness (QED) is 0.371. The number of halogens is 2. The minimum Gasteiger partial charge on any atom is -0.435 e. The summed E-state index contributed by atoms with van der Waals surface area (Å²) in [4.78, 5) is 13.2. The van der Waals surface area contributed by atoms with Gasteiger partial charge in [-0.05, 0) is 63.9 Å². The smallest absolute Gasteiger partial charge is 0.387 e. The van der Waals surface area contributed by atoms with E-state index in [1.807, 2.05) is 36.0 Å². The summed E-state index contributed by atoms with van der Waals surface area (Å²) in [6.07, 6.45) is 3.97. The average Bonchev–Trinajstić information content (AvgIpc) is 3.37. The van der Waals surface area contributed by atoms with Gasteiger partial charge in [-0.2, -0.15) is 8.78 Å². The Balaban J connectivity index is 1.55. The molecule has 1 saturated carbocycles. The highest BCUT2D eigenvalue weighted by molar-refractivity contribution is 8.00. The molecule has 1 fully saturated rings. The molecule has 0 saturated heterocycles. The van der Waals surface area contributed by atoms with Crippen molar-refractivity contribution in [2.45, 2.75) is 56.7 Å². The molecule has 4 rings (SSSR count). The molecular formula is C21H22F2N4O2S. The van der Waals surface area contributed by atoms with Crippen molar-refractivity contribution < 1.29 is 18.3 Å². The number of thioether (sulfide) groups is 1. The molecule has 0 N–H and O–H groups in total. The molecule has 0 amide bonds. The van der Waals surface area contributed by atoms with Crippen molar-refractivity contribution in [3.63, 3.8) is 0 Å². The van der Waals surface area contributed by atoms with Crippen LogP contribution in [0.25, 0.3) is 5.69 Å². The zero-order valence-corrected chi connectivity index (χ0v) is 17.7. The van der Waals surface area contributed by atoms with E-state index in [-0.39, 0.29) is 16.8 Å². The van der Waals surface area contributed by atoms with Gasteiger partial charge in [0.15, 0.2) is 10.9 Å². The van der Waals surface area contributed by atoms with Gasteiger partial charge in [0.25, 0.3) is 0 Å². The summed E-state index contributed by atoms with van der Waals surface area (Å²) in [5.41, 5.74) is 3.10. The van der Waals surface area contributed by atoms with Crippen LogP contribution < -0.4 is 4.74 Å². The van der Waals surface area contributed by atoms with Gasteiger partial charge in [0, 0.05) is 28.7 Å². The van der Waals surface area contributed by atoms with Crippen molar-refractivity contribution in [2.75, 3.05) is 0 Å². The monoisotopic (exact) mass is 432 g/mol. The number of aromatic nitrogens is 4. The first-order valence-corrected chi connectivity index (χ1v) is 10.6. The first kappa shape index (κ1) is 20.6. The fourth-order valence-corrected chi connectivity index (χ4v) is 4.50. The molecule has 30 heavy (non-hydrogen) atoms. The number of carbonyl (C=O) groups is 1. The number of ether oxygens (including phenoxy) is 1. The lowest BCUT2D eigenvalue weighted by molar-refractivity contribution is -0.0498. The van der Waals surface area contributed by atoms with Crippen molar-refractivity contribution >= 4 is 17.5 Å².